The number of aryl methyl sites for hydroxylation is 1. The first-order valence-electron chi connectivity index (χ1n) is 9.66. The first-order valence-corrected chi connectivity index (χ1v) is 9.66. The van der Waals surface area contributed by atoms with Gasteiger partial charge >= 0.3 is 5.97 Å². The van der Waals surface area contributed by atoms with E-state index in [0.29, 0.717) is 32.2 Å². The molecule has 27 heavy (non-hydrogen) atoms. The highest BCUT2D eigenvalue weighted by Crippen LogP contribution is 2.33. The summed E-state index contributed by atoms with van der Waals surface area (Å²) in [7, 11) is 0. The minimum atomic E-state index is -1.07. The molecule has 1 atom stereocenters. The Morgan fingerprint density at radius 2 is 2.04 bits per heavy atom. The smallest absolute Gasteiger partial charge is 0.331 e. The summed E-state index contributed by atoms with van der Waals surface area (Å²) < 4.78 is 5.45. The number of hydrogen-bond donors (Lipinski definition) is 0. The van der Waals surface area contributed by atoms with Gasteiger partial charge < -0.3 is 9.64 Å². The molecule has 0 N–H and O–H groups in total. The predicted molar refractivity (Wildman–Crippen MR) is 102 cm³/mol. The average molecular weight is 374 g/mol. The lowest BCUT2D eigenvalue weighted by Gasteiger charge is -2.34. The Labute approximate surface area is 161 Å². The molecule has 1 fully saturated rings. The van der Waals surface area contributed by atoms with E-state index >= 15 is 0 Å². The number of nitrogens with zero attached hydrogens (tertiary/aromatic N) is 2. The van der Waals surface area contributed by atoms with Gasteiger partial charge in [-0.15, -0.1) is 0 Å². The zero-order valence-electron chi connectivity index (χ0n) is 16.8. The van der Waals surface area contributed by atoms with Crippen molar-refractivity contribution in [1.82, 2.24) is 9.88 Å². The highest BCUT2D eigenvalue weighted by Gasteiger charge is 2.50. The summed E-state index contributed by atoms with van der Waals surface area (Å²) in [4.78, 5) is 43.7. The Hall–Kier alpha value is -2.24. The van der Waals surface area contributed by atoms with Gasteiger partial charge in [0, 0.05) is 23.9 Å². The van der Waals surface area contributed by atoms with Crippen molar-refractivity contribution in [2.24, 2.45) is 5.41 Å². The van der Waals surface area contributed by atoms with Crippen LogP contribution in [0.2, 0.25) is 0 Å². The molecular weight excluding hydrogens is 344 g/mol. The van der Waals surface area contributed by atoms with Crippen LogP contribution in [-0.4, -0.2) is 46.2 Å². The number of carbonyl (C=O) groups excluding carboxylic acids is 3. The second-order valence-corrected chi connectivity index (χ2v) is 7.96. The molecule has 1 aliphatic heterocycles. The molecule has 6 heteroatoms. The minimum Gasteiger partial charge on any atom is -0.464 e. The van der Waals surface area contributed by atoms with Gasteiger partial charge in [0.15, 0.2) is 0 Å². The molecule has 0 aliphatic carbocycles. The maximum Gasteiger partial charge on any atom is 0.331 e. The van der Waals surface area contributed by atoms with Crippen LogP contribution in [0.15, 0.2) is 24.4 Å². The van der Waals surface area contributed by atoms with E-state index < -0.39 is 28.6 Å². The van der Waals surface area contributed by atoms with E-state index in [1.807, 2.05) is 25.1 Å². The molecule has 2 rings (SSSR count). The summed E-state index contributed by atoms with van der Waals surface area (Å²) in [5, 5.41) is 0. The third-order valence-corrected chi connectivity index (χ3v) is 5.56. The van der Waals surface area contributed by atoms with E-state index in [1.165, 1.54) is 4.90 Å². The van der Waals surface area contributed by atoms with Crippen LogP contribution in [0.25, 0.3) is 0 Å². The Kier molecular flexibility index (Phi) is 6.73. The SMILES string of the molecule is CCC(C)(C)C(=O)C(=O)N1CCC[C@@]1(C)C(=O)OCCCc1ccccn1. The average Bonchev–Trinajstić information content (AvgIpc) is 3.07. The lowest BCUT2D eigenvalue weighted by Crippen LogP contribution is -2.55. The highest BCUT2D eigenvalue weighted by atomic mass is 16.5. The van der Waals surface area contributed by atoms with Gasteiger partial charge in [0.1, 0.15) is 5.54 Å². The Balaban J connectivity index is 1.95. The van der Waals surface area contributed by atoms with Crippen molar-refractivity contribution in [3.63, 3.8) is 0 Å². The molecule has 0 spiro atoms. The Bertz CT molecular complexity index is 687. The summed E-state index contributed by atoms with van der Waals surface area (Å²) in [5.74, 6) is -1.45. The van der Waals surface area contributed by atoms with Crippen molar-refractivity contribution in [3.8, 4) is 0 Å². The molecule has 0 saturated carbocycles. The molecule has 0 radical (unpaired) electrons. The number of hydrogen-bond acceptors (Lipinski definition) is 5. The van der Waals surface area contributed by atoms with Crippen molar-refractivity contribution in [2.75, 3.05) is 13.2 Å². The highest BCUT2D eigenvalue weighted by molar-refractivity contribution is 6.38. The molecule has 1 aliphatic rings. The van der Waals surface area contributed by atoms with Crippen molar-refractivity contribution < 1.29 is 19.1 Å². The van der Waals surface area contributed by atoms with E-state index in [0.717, 1.165) is 12.1 Å². The van der Waals surface area contributed by atoms with Crippen LogP contribution < -0.4 is 0 Å². The van der Waals surface area contributed by atoms with E-state index in [1.54, 1.807) is 27.0 Å². The van der Waals surface area contributed by atoms with Gasteiger partial charge in [-0.1, -0.05) is 26.8 Å². The van der Waals surface area contributed by atoms with Crippen LogP contribution >= 0.6 is 0 Å². The first kappa shape index (κ1) is 21.1. The molecule has 0 unspecified atom stereocenters. The van der Waals surface area contributed by atoms with Gasteiger partial charge in [0.05, 0.1) is 6.61 Å². The fourth-order valence-electron chi connectivity index (χ4n) is 3.19. The fourth-order valence-corrected chi connectivity index (χ4v) is 3.19. The van der Waals surface area contributed by atoms with E-state index in [-0.39, 0.29) is 6.61 Å². The molecule has 1 aromatic rings. The molecule has 1 aromatic heterocycles. The summed E-state index contributed by atoms with van der Waals surface area (Å²) in [6.45, 7) is 7.77. The van der Waals surface area contributed by atoms with Gasteiger partial charge in [-0.25, -0.2) is 4.79 Å². The number of Topliss-reactive ketones (excluding diaryl/α,β-unsaturated/α-hetero) is 1. The van der Waals surface area contributed by atoms with Gasteiger partial charge in [0.25, 0.3) is 5.91 Å². The number of rotatable bonds is 8. The number of pyridine rings is 1. The van der Waals surface area contributed by atoms with Crippen molar-refractivity contribution in [3.05, 3.63) is 30.1 Å². The van der Waals surface area contributed by atoms with Crippen LogP contribution in [0.3, 0.4) is 0 Å². The number of aromatic nitrogens is 1. The van der Waals surface area contributed by atoms with Crippen molar-refractivity contribution >= 4 is 17.7 Å². The summed E-state index contributed by atoms with van der Waals surface area (Å²) >= 11 is 0. The lowest BCUT2D eigenvalue weighted by molar-refractivity contribution is -0.163. The topological polar surface area (TPSA) is 76.6 Å². The number of likely N-dealkylation sites (tertiary alicyclic amines) is 1. The standard InChI is InChI=1S/C21H30N2O4/c1-5-20(2,3)17(24)18(25)23-14-9-12-21(23,4)19(26)27-15-8-11-16-10-6-7-13-22-16/h6-7,10,13H,5,8-9,11-12,14-15H2,1-4H3/t21-/m0/s1. The fraction of sp³-hybridized carbons (Fsp3) is 0.619. The second kappa shape index (κ2) is 8.63. The first-order chi connectivity index (χ1) is 12.7. The Morgan fingerprint density at radius 1 is 1.30 bits per heavy atom. The lowest BCUT2D eigenvalue weighted by atomic mass is 9.84. The summed E-state index contributed by atoms with van der Waals surface area (Å²) in [6.07, 6.45) is 4.88. The van der Waals surface area contributed by atoms with Crippen LogP contribution in [0.4, 0.5) is 0 Å². The van der Waals surface area contributed by atoms with Crippen LogP contribution in [0.5, 0.6) is 0 Å². The van der Waals surface area contributed by atoms with Crippen LogP contribution in [0.1, 0.15) is 59.1 Å². The third-order valence-electron chi connectivity index (χ3n) is 5.56. The zero-order valence-corrected chi connectivity index (χ0v) is 16.8. The van der Waals surface area contributed by atoms with Crippen molar-refractivity contribution in [1.29, 1.82) is 0 Å². The molecule has 0 bridgehead atoms. The molecule has 148 valence electrons. The molecular formula is C21H30N2O4. The number of amides is 1. The molecule has 1 amide bonds. The number of ketones is 1. The normalized spacial score (nSPS) is 19.8. The zero-order chi connectivity index (χ0) is 20.1. The second-order valence-electron chi connectivity index (χ2n) is 7.96. The van der Waals surface area contributed by atoms with Gasteiger partial charge in [-0.05, 0) is 51.2 Å². The van der Waals surface area contributed by atoms with E-state index in [2.05, 4.69) is 4.98 Å². The van der Waals surface area contributed by atoms with E-state index in [4.69, 9.17) is 4.74 Å². The van der Waals surface area contributed by atoms with Gasteiger partial charge in [0.2, 0.25) is 5.78 Å². The molecule has 2 heterocycles. The Morgan fingerprint density at radius 3 is 2.67 bits per heavy atom. The van der Waals surface area contributed by atoms with Crippen LogP contribution in [0, 0.1) is 5.41 Å². The minimum absolute atomic E-state index is 0.265. The largest absolute Gasteiger partial charge is 0.464 e. The quantitative estimate of drug-likeness (QED) is 0.397. The van der Waals surface area contributed by atoms with Gasteiger partial charge in [-0.3, -0.25) is 14.6 Å². The predicted octanol–water partition coefficient (Wildman–Crippen LogP) is 2.94. The molecule has 6 nitrogen and oxygen atoms in total. The maximum absolute atomic E-state index is 12.7. The summed E-state index contributed by atoms with van der Waals surface area (Å²) in [5.41, 5.74) is -0.848. The van der Waals surface area contributed by atoms with Gasteiger partial charge in [-0.2, -0.15) is 0 Å². The number of esters is 1. The maximum atomic E-state index is 12.7. The van der Waals surface area contributed by atoms with E-state index in [9.17, 15) is 14.4 Å². The van der Waals surface area contributed by atoms with Crippen molar-refractivity contribution in [2.45, 2.75) is 65.3 Å². The van der Waals surface area contributed by atoms with Crippen LogP contribution in [-0.2, 0) is 25.5 Å². The summed E-state index contributed by atoms with van der Waals surface area (Å²) in [6, 6.07) is 5.71. The monoisotopic (exact) mass is 374 g/mol. The third kappa shape index (κ3) is 4.73. The molecule has 0 aromatic carbocycles. The number of ether oxygens (including phenoxy) is 1. The molecule has 1 saturated heterocycles. The number of carbonyl (C=O) groups is 3.